The normalized spacial score (nSPS) is 11.2. The predicted octanol–water partition coefficient (Wildman–Crippen LogP) is 4.94. The lowest BCUT2D eigenvalue weighted by atomic mass is 10.1. The summed E-state index contributed by atoms with van der Waals surface area (Å²) in [7, 11) is 1.88. The third-order valence-corrected chi connectivity index (χ3v) is 5.48. The molecule has 0 radical (unpaired) electrons. The molecule has 0 saturated heterocycles. The van der Waals surface area contributed by atoms with Crippen molar-refractivity contribution < 1.29 is 13.9 Å². The number of aromatic nitrogens is 3. The summed E-state index contributed by atoms with van der Waals surface area (Å²) in [5.41, 5.74) is 0.665. The van der Waals surface area contributed by atoms with Crippen LogP contribution >= 0.6 is 0 Å². The van der Waals surface area contributed by atoms with Crippen molar-refractivity contribution in [2.75, 3.05) is 23.8 Å². The number of anilines is 2. The fourth-order valence-corrected chi connectivity index (χ4v) is 3.83. The second-order valence-corrected chi connectivity index (χ2v) is 9.96. The van der Waals surface area contributed by atoms with E-state index < -0.39 is 11.7 Å². The van der Waals surface area contributed by atoms with Gasteiger partial charge >= 0.3 is 0 Å². The number of pyridine rings is 1. The number of nitrogens with one attached hydrogen (secondary N) is 3. The molecule has 2 aromatic heterocycles. The number of benzene rings is 1. The van der Waals surface area contributed by atoms with Crippen molar-refractivity contribution in [2.45, 2.75) is 53.7 Å². The average Bonchev–Trinajstić information content (AvgIpc) is 2.82. The van der Waals surface area contributed by atoms with E-state index in [4.69, 9.17) is 15.6 Å². The Labute approximate surface area is 222 Å². The van der Waals surface area contributed by atoms with Gasteiger partial charge in [-0.25, -0.2) is 19.3 Å². The predicted molar refractivity (Wildman–Crippen MR) is 148 cm³/mol. The van der Waals surface area contributed by atoms with Gasteiger partial charge in [0, 0.05) is 25.7 Å². The molecule has 0 bridgehead atoms. The van der Waals surface area contributed by atoms with Crippen molar-refractivity contribution in [3.63, 3.8) is 0 Å². The van der Waals surface area contributed by atoms with Crippen molar-refractivity contribution >= 4 is 40.8 Å². The zero-order valence-electron chi connectivity index (χ0n) is 22.8. The number of carbonyl (C=O) groups excluding carboxylic acids is 1. The van der Waals surface area contributed by atoms with Crippen LogP contribution in [0.25, 0.3) is 11.0 Å². The van der Waals surface area contributed by atoms with Crippen LogP contribution in [0.4, 0.5) is 16.0 Å². The van der Waals surface area contributed by atoms with Crippen molar-refractivity contribution in [3.8, 4) is 5.88 Å². The first-order chi connectivity index (χ1) is 17.9. The summed E-state index contributed by atoms with van der Waals surface area (Å²) in [6, 6.07) is 7.19. The smallest absolute Gasteiger partial charge is 0.259 e. The number of fused-ring (bicyclic) bond motifs is 1. The van der Waals surface area contributed by atoms with Crippen LogP contribution in [-0.2, 0) is 0 Å². The zero-order chi connectivity index (χ0) is 28.1. The van der Waals surface area contributed by atoms with E-state index >= 15 is 4.39 Å². The third kappa shape index (κ3) is 6.58. The zero-order valence-corrected chi connectivity index (χ0v) is 22.8. The molecule has 3 N–H and O–H groups in total. The van der Waals surface area contributed by atoms with Crippen LogP contribution in [-0.4, -0.2) is 63.7 Å². The number of nitrogens with zero attached hydrogens (tertiary/aromatic N) is 5. The molecule has 0 aliphatic carbocycles. The minimum Gasteiger partial charge on any atom is -0.472 e. The van der Waals surface area contributed by atoms with Gasteiger partial charge in [-0.1, -0.05) is 19.9 Å². The Balaban J connectivity index is 1.96. The third-order valence-electron chi connectivity index (χ3n) is 5.48. The highest BCUT2D eigenvalue weighted by atomic mass is 19.1. The fourth-order valence-electron chi connectivity index (χ4n) is 3.83. The molecule has 0 atom stereocenters. The number of amides is 1. The molecule has 202 valence electrons. The van der Waals surface area contributed by atoms with E-state index in [1.54, 1.807) is 18.2 Å². The topological polar surface area (TPSA) is 131 Å². The molecule has 0 aliphatic rings. The van der Waals surface area contributed by atoms with Crippen molar-refractivity contribution in [3.05, 3.63) is 47.4 Å². The molecule has 38 heavy (non-hydrogen) atoms. The summed E-state index contributed by atoms with van der Waals surface area (Å²) in [6.45, 7) is 12.3. The van der Waals surface area contributed by atoms with Crippen molar-refractivity contribution in [2.24, 2.45) is 5.92 Å². The summed E-state index contributed by atoms with van der Waals surface area (Å²) in [6.07, 6.45) is 0.898. The standard InChI is InChI=1S/C27H35FN8O2/c1-15(2)13-35(7)25-27(38-17(5)6)33-22-12-19(28)18(11-21(22)32-25)26(37)34-23-10-8-9-20(31-23)24(30)36(14-29)16(3)4/h8-12,14-17,29-30H,13H2,1-7H3,(H,31,34,37). The number of rotatable bonds is 10. The molecule has 0 saturated carbocycles. The lowest BCUT2D eigenvalue weighted by Gasteiger charge is -2.23. The van der Waals surface area contributed by atoms with E-state index in [1.165, 1.54) is 17.0 Å². The first-order valence-corrected chi connectivity index (χ1v) is 12.5. The molecule has 3 rings (SSSR count). The van der Waals surface area contributed by atoms with Gasteiger partial charge in [0.15, 0.2) is 11.7 Å². The van der Waals surface area contributed by atoms with Gasteiger partial charge in [-0.15, -0.1) is 0 Å². The maximum Gasteiger partial charge on any atom is 0.259 e. The van der Waals surface area contributed by atoms with Crippen molar-refractivity contribution in [1.29, 1.82) is 10.8 Å². The summed E-state index contributed by atoms with van der Waals surface area (Å²) in [5.74, 6) is -0.153. The average molecular weight is 523 g/mol. The van der Waals surface area contributed by atoms with Crippen LogP contribution in [0.2, 0.25) is 0 Å². The number of carbonyl (C=O) groups is 1. The molecule has 0 aliphatic heterocycles. The van der Waals surface area contributed by atoms with Gasteiger partial charge in [0.1, 0.15) is 17.3 Å². The number of hydrogen-bond acceptors (Lipinski definition) is 8. The molecule has 2 heterocycles. The Morgan fingerprint density at radius 1 is 1.11 bits per heavy atom. The summed E-state index contributed by atoms with van der Waals surface area (Å²) in [5, 5.41) is 18.5. The second-order valence-electron chi connectivity index (χ2n) is 9.96. The SMILES string of the molecule is CC(C)CN(C)c1nc2cc(C(=O)Nc3cccc(C(=N)N(C=N)C(C)C)n3)c(F)cc2nc1OC(C)C. The molecule has 10 nitrogen and oxygen atoms in total. The Morgan fingerprint density at radius 2 is 1.79 bits per heavy atom. The fraction of sp³-hybridized carbons (Fsp3) is 0.407. The number of ether oxygens (including phenoxy) is 1. The van der Waals surface area contributed by atoms with E-state index in [0.717, 1.165) is 6.34 Å². The molecule has 0 spiro atoms. The highest BCUT2D eigenvalue weighted by molar-refractivity contribution is 6.06. The monoisotopic (exact) mass is 522 g/mol. The quantitative estimate of drug-likeness (QED) is 0.254. The largest absolute Gasteiger partial charge is 0.472 e. The molecule has 3 aromatic rings. The molecular formula is C27H35FN8O2. The molecule has 11 heteroatoms. The highest BCUT2D eigenvalue weighted by Crippen LogP contribution is 2.29. The summed E-state index contributed by atoms with van der Waals surface area (Å²) in [4.78, 5) is 29.9. The van der Waals surface area contributed by atoms with Crippen LogP contribution in [0.1, 0.15) is 57.6 Å². The van der Waals surface area contributed by atoms with Gasteiger partial charge in [0.25, 0.3) is 11.8 Å². The van der Waals surface area contributed by atoms with Crippen LogP contribution in [0.15, 0.2) is 30.3 Å². The van der Waals surface area contributed by atoms with Crippen molar-refractivity contribution in [1.82, 2.24) is 19.9 Å². The first kappa shape index (κ1) is 28.4. The molecule has 0 fully saturated rings. The Bertz CT molecular complexity index is 1340. The van der Waals surface area contributed by atoms with E-state index in [9.17, 15) is 4.79 Å². The molecule has 0 unspecified atom stereocenters. The summed E-state index contributed by atoms with van der Waals surface area (Å²) >= 11 is 0. The Hall–Kier alpha value is -4.15. The maximum atomic E-state index is 15.1. The van der Waals surface area contributed by atoms with Gasteiger partial charge in [-0.05, 0) is 51.8 Å². The lowest BCUT2D eigenvalue weighted by Crippen LogP contribution is -2.36. The van der Waals surface area contributed by atoms with Gasteiger partial charge < -0.3 is 19.9 Å². The van der Waals surface area contributed by atoms with Gasteiger partial charge in [-0.2, -0.15) is 0 Å². The van der Waals surface area contributed by atoms with E-state index in [-0.39, 0.29) is 40.6 Å². The number of amidine groups is 1. The molecule has 1 amide bonds. The van der Waals surface area contributed by atoms with E-state index in [2.05, 4.69) is 34.1 Å². The summed E-state index contributed by atoms with van der Waals surface area (Å²) < 4.78 is 20.9. The van der Waals surface area contributed by atoms with Crippen LogP contribution in [0.5, 0.6) is 5.88 Å². The second kappa shape index (κ2) is 11.9. The molecule has 1 aromatic carbocycles. The van der Waals surface area contributed by atoms with Crippen LogP contribution in [0, 0.1) is 22.6 Å². The first-order valence-electron chi connectivity index (χ1n) is 12.5. The van der Waals surface area contributed by atoms with Gasteiger partial charge in [-0.3, -0.25) is 15.6 Å². The Morgan fingerprint density at radius 3 is 2.39 bits per heavy atom. The number of halogens is 1. The van der Waals surface area contributed by atoms with Crippen LogP contribution < -0.4 is 15.0 Å². The number of hydrogen-bond donors (Lipinski definition) is 3. The Kier molecular flexibility index (Phi) is 8.92. The van der Waals surface area contributed by atoms with E-state index in [1.807, 2.05) is 39.6 Å². The maximum absolute atomic E-state index is 15.1. The van der Waals surface area contributed by atoms with E-state index in [0.29, 0.717) is 29.7 Å². The lowest BCUT2D eigenvalue weighted by molar-refractivity contribution is 0.102. The van der Waals surface area contributed by atoms with Gasteiger partial charge in [0.05, 0.1) is 29.0 Å². The minimum atomic E-state index is -0.762. The highest BCUT2D eigenvalue weighted by Gasteiger charge is 2.21. The minimum absolute atomic E-state index is 0.00993. The molecular weight excluding hydrogens is 487 g/mol. The van der Waals surface area contributed by atoms with Crippen LogP contribution in [0.3, 0.4) is 0 Å². The van der Waals surface area contributed by atoms with Gasteiger partial charge in [0.2, 0.25) is 0 Å².